The van der Waals surface area contributed by atoms with E-state index in [-0.39, 0.29) is 17.6 Å². The quantitative estimate of drug-likeness (QED) is 0.638. The SMILES string of the molecule is CC(C)(C)OCC(O)CNC1CCC(=O)NC1. The number of carbonyl (C=O) groups is 1. The van der Waals surface area contributed by atoms with Crippen molar-refractivity contribution in [3.05, 3.63) is 0 Å². The van der Waals surface area contributed by atoms with Crippen LogP contribution in [-0.2, 0) is 9.53 Å². The Morgan fingerprint density at radius 1 is 1.59 bits per heavy atom. The molecular weight excluding hydrogens is 220 g/mol. The van der Waals surface area contributed by atoms with Crippen LogP contribution in [0.25, 0.3) is 0 Å². The van der Waals surface area contributed by atoms with E-state index in [4.69, 9.17) is 4.74 Å². The van der Waals surface area contributed by atoms with E-state index >= 15 is 0 Å². The van der Waals surface area contributed by atoms with Crippen molar-refractivity contribution in [3.63, 3.8) is 0 Å². The Morgan fingerprint density at radius 2 is 2.29 bits per heavy atom. The van der Waals surface area contributed by atoms with E-state index in [1.165, 1.54) is 0 Å². The van der Waals surface area contributed by atoms with Crippen molar-refractivity contribution >= 4 is 5.91 Å². The third-order valence-electron chi connectivity index (χ3n) is 2.62. The Morgan fingerprint density at radius 3 is 2.82 bits per heavy atom. The number of hydrogen-bond acceptors (Lipinski definition) is 4. The molecule has 0 saturated carbocycles. The molecule has 0 spiro atoms. The van der Waals surface area contributed by atoms with Gasteiger partial charge in [0.15, 0.2) is 0 Å². The van der Waals surface area contributed by atoms with Crippen LogP contribution in [0.3, 0.4) is 0 Å². The molecule has 0 bridgehead atoms. The molecule has 1 amide bonds. The van der Waals surface area contributed by atoms with Gasteiger partial charge in [0.2, 0.25) is 5.91 Å². The van der Waals surface area contributed by atoms with Crippen LogP contribution in [0.2, 0.25) is 0 Å². The van der Waals surface area contributed by atoms with Gasteiger partial charge in [-0.05, 0) is 27.2 Å². The lowest BCUT2D eigenvalue weighted by Crippen LogP contribution is -2.48. The number of ether oxygens (including phenoxy) is 1. The molecule has 1 saturated heterocycles. The molecule has 0 aromatic rings. The minimum Gasteiger partial charge on any atom is -0.389 e. The van der Waals surface area contributed by atoms with Crippen molar-refractivity contribution in [1.29, 1.82) is 0 Å². The van der Waals surface area contributed by atoms with Crippen LogP contribution >= 0.6 is 0 Å². The van der Waals surface area contributed by atoms with E-state index in [0.29, 0.717) is 26.1 Å². The third kappa shape index (κ3) is 6.61. The first-order valence-electron chi connectivity index (χ1n) is 6.19. The van der Waals surface area contributed by atoms with E-state index in [9.17, 15) is 9.90 Å². The molecule has 100 valence electrons. The van der Waals surface area contributed by atoms with Gasteiger partial charge in [0, 0.05) is 25.6 Å². The summed E-state index contributed by atoms with van der Waals surface area (Å²) in [4.78, 5) is 11.0. The fourth-order valence-corrected chi connectivity index (χ4v) is 1.61. The Balaban J connectivity index is 2.11. The van der Waals surface area contributed by atoms with Gasteiger partial charge in [-0.2, -0.15) is 0 Å². The minimum atomic E-state index is -0.508. The standard InChI is InChI=1S/C12H24N2O3/c1-12(2,3)17-8-10(15)7-13-9-4-5-11(16)14-6-9/h9-10,13,15H,4-8H2,1-3H3,(H,14,16). The number of piperidine rings is 1. The van der Waals surface area contributed by atoms with E-state index in [1.807, 2.05) is 20.8 Å². The zero-order chi connectivity index (χ0) is 12.9. The molecule has 0 aliphatic carbocycles. The fourth-order valence-electron chi connectivity index (χ4n) is 1.61. The molecule has 1 fully saturated rings. The summed E-state index contributed by atoms with van der Waals surface area (Å²) in [6.45, 7) is 7.36. The lowest BCUT2D eigenvalue weighted by molar-refractivity contribution is -0.122. The zero-order valence-electron chi connectivity index (χ0n) is 11.0. The first kappa shape index (κ1) is 14.4. The molecule has 17 heavy (non-hydrogen) atoms. The second-order valence-electron chi connectivity index (χ2n) is 5.53. The normalized spacial score (nSPS) is 23.3. The second-order valence-corrected chi connectivity index (χ2v) is 5.53. The molecule has 1 aliphatic rings. The number of nitrogens with one attached hydrogen (secondary N) is 2. The van der Waals surface area contributed by atoms with Gasteiger partial charge in [-0.25, -0.2) is 0 Å². The van der Waals surface area contributed by atoms with Gasteiger partial charge in [0.1, 0.15) is 0 Å². The number of carbonyl (C=O) groups excluding carboxylic acids is 1. The highest BCUT2D eigenvalue weighted by atomic mass is 16.5. The first-order chi connectivity index (χ1) is 7.87. The number of aliphatic hydroxyl groups excluding tert-OH is 1. The Bertz CT molecular complexity index is 241. The molecule has 1 heterocycles. The molecule has 0 aromatic carbocycles. The lowest BCUT2D eigenvalue weighted by Gasteiger charge is -2.26. The van der Waals surface area contributed by atoms with Gasteiger partial charge < -0.3 is 20.5 Å². The highest BCUT2D eigenvalue weighted by Gasteiger charge is 2.19. The van der Waals surface area contributed by atoms with Gasteiger partial charge in [0.05, 0.1) is 18.3 Å². The first-order valence-corrected chi connectivity index (χ1v) is 6.19. The van der Waals surface area contributed by atoms with Crippen molar-refractivity contribution in [2.24, 2.45) is 0 Å². The maximum atomic E-state index is 11.0. The molecular formula is C12H24N2O3. The summed E-state index contributed by atoms with van der Waals surface area (Å²) in [5.41, 5.74) is -0.222. The van der Waals surface area contributed by atoms with Crippen molar-refractivity contribution in [2.75, 3.05) is 19.7 Å². The molecule has 0 aromatic heterocycles. The smallest absolute Gasteiger partial charge is 0.220 e. The van der Waals surface area contributed by atoms with Crippen molar-refractivity contribution in [2.45, 2.75) is 51.4 Å². The highest BCUT2D eigenvalue weighted by molar-refractivity contribution is 5.76. The van der Waals surface area contributed by atoms with Crippen LogP contribution < -0.4 is 10.6 Å². The van der Waals surface area contributed by atoms with Crippen LogP contribution in [-0.4, -0.2) is 48.5 Å². The molecule has 1 aliphatic heterocycles. The molecule has 1 rings (SSSR count). The summed E-state index contributed by atoms with van der Waals surface area (Å²) in [7, 11) is 0. The average molecular weight is 244 g/mol. The second kappa shape index (κ2) is 6.33. The van der Waals surface area contributed by atoms with Crippen LogP contribution in [0.4, 0.5) is 0 Å². The van der Waals surface area contributed by atoms with Crippen LogP contribution in [0.1, 0.15) is 33.6 Å². The van der Waals surface area contributed by atoms with Crippen molar-refractivity contribution < 1.29 is 14.6 Å². The van der Waals surface area contributed by atoms with E-state index in [0.717, 1.165) is 6.42 Å². The van der Waals surface area contributed by atoms with E-state index in [1.54, 1.807) is 0 Å². The number of hydrogen-bond donors (Lipinski definition) is 3. The van der Waals surface area contributed by atoms with Crippen molar-refractivity contribution in [1.82, 2.24) is 10.6 Å². The largest absolute Gasteiger partial charge is 0.389 e. The number of aliphatic hydroxyl groups is 1. The maximum absolute atomic E-state index is 11.0. The number of rotatable bonds is 5. The molecule has 3 N–H and O–H groups in total. The Kier molecular flexibility index (Phi) is 5.36. The Hall–Kier alpha value is -0.650. The average Bonchev–Trinajstić information content (AvgIpc) is 2.25. The van der Waals surface area contributed by atoms with Crippen LogP contribution in [0.5, 0.6) is 0 Å². The third-order valence-corrected chi connectivity index (χ3v) is 2.62. The maximum Gasteiger partial charge on any atom is 0.220 e. The monoisotopic (exact) mass is 244 g/mol. The van der Waals surface area contributed by atoms with E-state index < -0.39 is 6.10 Å². The molecule has 5 heteroatoms. The predicted octanol–water partition coefficient (Wildman–Crippen LogP) is 0.0306. The van der Waals surface area contributed by atoms with Crippen molar-refractivity contribution in [3.8, 4) is 0 Å². The fraction of sp³-hybridized carbons (Fsp3) is 0.917. The van der Waals surface area contributed by atoms with Gasteiger partial charge in [0.25, 0.3) is 0 Å². The van der Waals surface area contributed by atoms with E-state index in [2.05, 4.69) is 10.6 Å². The molecule has 2 unspecified atom stereocenters. The summed E-state index contributed by atoms with van der Waals surface area (Å²) >= 11 is 0. The summed E-state index contributed by atoms with van der Waals surface area (Å²) in [5, 5.41) is 15.8. The van der Waals surface area contributed by atoms with Gasteiger partial charge in [-0.3, -0.25) is 4.79 Å². The Labute approximate surface area is 103 Å². The highest BCUT2D eigenvalue weighted by Crippen LogP contribution is 2.07. The molecule has 0 radical (unpaired) electrons. The summed E-state index contributed by atoms with van der Waals surface area (Å²) in [6.07, 6.45) is 0.886. The molecule has 2 atom stereocenters. The summed E-state index contributed by atoms with van der Waals surface area (Å²) in [5.74, 6) is 0.111. The van der Waals surface area contributed by atoms with Gasteiger partial charge in [-0.1, -0.05) is 0 Å². The van der Waals surface area contributed by atoms with Gasteiger partial charge >= 0.3 is 0 Å². The zero-order valence-corrected chi connectivity index (χ0v) is 11.0. The van der Waals surface area contributed by atoms with Crippen LogP contribution in [0.15, 0.2) is 0 Å². The van der Waals surface area contributed by atoms with Crippen LogP contribution in [0, 0.1) is 0 Å². The lowest BCUT2D eigenvalue weighted by atomic mass is 10.1. The predicted molar refractivity (Wildman–Crippen MR) is 65.7 cm³/mol. The molecule has 5 nitrogen and oxygen atoms in total. The summed E-state index contributed by atoms with van der Waals surface area (Å²) < 4.78 is 5.49. The topological polar surface area (TPSA) is 70.6 Å². The summed E-state index contributed by atoms with van der Waals surface area (Å²) in [6, 6.07) is 0.261. The van der Waals surface area contributed by atoms with Gasteiger partial charge in [-0.15, -0.1) is 0 Å². The number of amides is 1. The minimum absolute atomic E-state index is 0.111.